The Morgan fingerprint density at radius 2 is 1.84 bits per heavy atom. The van der Waals surface area contributed by atoms with Crippen molar-refractivity contribution in [2.75, 3.05) is 13.2 Å². The fraction of sp³-hybridized carbons (Fsp3) is 0.579. The smallest absolute Gasteiger partial charge is 0.256 e. The van der Waals surface area contributed by atoms with Gasteiger partial charge in [-0.3, -0.25) is 9.48 Å². The lowest BCUT2D eigenvalue weighted by Crippen LogP contribution is -2.38. The van der Waals surface area contributed by atoms with Gasteiger partial charge in [0.05, 0.1) is 6.20 Å². The second kappa shape index (κ2) is 7.87. The number of aromatic nitrogens is 3. The Morgan fingerprint density at radius 3 is 2.36 bits per heavy atom. The van der Waals surface area contributed by atoms with Crippen molar-refractivity contribution in [1.29, 1.82) is 0 Å². The second-order valence-electron chi connectivity index (χ2n) is 6.82. The monoisotopic (exact) mass is 346 g/mol. The van der Waals surface area contributed by atoms with Gasteiger partial charge in [-0.05, 0) is 50.7 Å². The van der Waals surface area contributed by atoms with Crippen LogP contribution in [-0.4, -0.2) is 38.5 Å². The van der Waals surface area contributed by atoms with Gasteiger partial charge in [-0.2, -0.15) is 5.10 Å². The van der Waals surface area contributed by atoms with E-state index in [-0.39, 0.29) is 17.9 Å². The summed E-state index contributed by atoms with van der Waals surface area (Å²) in [6.07, 6.45) is 4.14. The van der Waals surface area contributed by atoms with Gasteiger partial charge in [-0.15, -0.1) is 0 Å². The van der Waals surface area contributed by atoms with Crippen LogP contribution in [-0.2, 0) is 7.05 Å². The summed E-state index contributed by atoms with van der Waals surface area (Å²) in [5, 5.41) is 16.7. The normalized spacial score (nSPS) is 11.8. The summed E-state index contributed by atoms with van der Waals surface area (Å²) in [6.45, 7) is 8.93. The standard InChI is InChI=1S/C19H30N4O2/c1-6-19(7-2,10-11-24)13-20-17(25)16-12-21-22(5)18(16)23-14(3)8-9-15(23)4/h8-9,12,24H,6-7,10-11,13H2,1-5H3,(H,20,25). The zero-order valence-corrected chi connectivity index (χ0v) is 16.0. The number of aliphatic hydroxyl groups excluding tert-OH is 1. The number of nitrogens with one attached hydrogen (secondary N) is 1. The Hall–Kier alpha value is -2.08. The van der Waals surface area contributed by atoms with Gasteiger partial charge in [-0.25, -0.2) is 0 Å². The van der Waals surface area contributed by atoms with Gasteiger partial charge in [0.25, 0.3) is 5.91 Å². The predicted octanol–water partition coefficient (Wildman–Crippen LogP) is 2.75. The van der Waals surface area contributed by atoms with Crippen LogP contribution in [0.25, 0.3) is 5.82 Å². The van der Waals surface area contributed by atoms with E-state index in [1.54, 1.807) is 10.9 Å². The van der Waals surface area contributed by atoms with Gasteiger partial charge in [-0.1, -0.05) is 13.8 Å². The highest BCUT2D eigenvalue weighted by atomic mass is 16.3. The van der Waals surface area contributed by atoms with E-state index in [1.807, 2.05) is 37.6 Å². The first kappa shape index (κ1) is 19.2. The van der Waals surface area contributed by atoms with Gasteiger partial charge in [0, 0.05) is 31.6 Å². The molecule has 0 bridgehead atoms. The third kappa shape index (κ3) is 3.79. The Labute approximate surface area is 149 Å². The molecule has 2 aromatic heterocycles. The number of aliphatic hydroxyl groups is 1. The summed E-state index contributed by atoms with van der Waals surface area (Å²) >= 11 is 0. The second-order valence-corrected chi connectivity index (χ2v) is 6.82. The number of nitrogens with zero attached hydrogens (tertiary/aromatic N) is 3. The molecule has 2 aromatic rings. The van der Waals surface area contributed by atoms with Crippen LogP contribution in [0.1, 0.15) is 54.9 Å². The minimum absolute atomic E-state index is 0.0634. The van der Waals surface area contributed by atoms with Crippen molar-refractivity contribution in [2.45, 2.75) is 47.0 Å². The van der Waals surface area contributed by atoms with Crippen molar-refractivity contribution in [3.63, 3.8) is 0 Å². The van der Waals surface area contributed by atoms with Crippen LogP contribution in [0.5, 0.6) is 0 Å². The summed E-state index contributed by atoms with van der Waals surface area (Å²) in [6, 6.07) is 4.06. The largest absolute Gasteiger partial charge is 0.396 e. The van der Waals surface area contributed by atoms with Crippen LogP contribution in [0.4, 0.5) is 0 Å². The van der Waals surface area contributed by atoms with E-state index in [0.717, 1.165) is 30.0 Å². The maximum absolute atomic E-state index is 12.8. The quantitative estimate of drug-likeness (QED) is 0.772. The summed E-state index contributed by atoms with van der Waals surface area (Å²) < 4.78 is 3.78. The van der Waals surface area contributed by atoms with E-state index in [1.165, 1.54) is 0 Å². The summed E-state index contributed by atoms with van der Waals surface area (Å²) in [5.41, 5.74) is 2.63. The molecular weight excluding hydrogens is 316 g/mol. The highest BCUT2D eigenvalue weighted by Gasteiger charge is 2.27. The number of aryl methyl sites for hydroxylation is 3. The molecule has 2 heterocycles. The zero-order chi connectivity index (χ0) is 18.6. The molecule has 0 saturated carbocycles. The average molecular weight is 346 g/mol. The minimum atomic E-state index is -0.125. The average Bonchev–Trinajstić information content (AvgIpc) is 3.13. The molecule has 0 aliphatic rings. The Bertz CT molecular complexity index is 706. The predicted molar refractivity (Wildman–Crippen MR) is 99.1 cm³/mol. The Morgan fingerprint density at radius 1 is 1.24 bits per heavy atom. The first-order valence-electron chi connectivity index (χ1n) is 8.95. The lowest BCUT2D eigenvalue weighted by Gasteiger charge is -2.31. The van der Waals surface area contributed by atoms with Crippen LogP contribution >= 0.6 is 0 Å². The van der Waals surface area contributed by atoms with Crippen molar-refractivity contribution < 1.29 is 9.90 Å². The van der Waals surface area contributed by atoms with Gasteiger partial charge in [0.15, 0.2) is 0 Å². The van der Waals surface area contributed by atoms with E-state index < -0.39 is 0 Å². The summed E-state index contributed by atoms with van der Waals surface area (Å²) in [4.78, 5) is 12.8. The molecule has 0 aromatic carbocycles. The molecule has 0 spiro atoms. The topological polar surface area (TPSA) is 72.1 Å². The number of hydrogen-bond donors (Lipinski definition) is 2. The number of rotatable bonds is 8. The molecule has 25 heavy (non-hydrogen) atoms. The highest BCUT2D eigenvalue weighted by molar-refractivity contribution is 5.97. The van der Waals surface area contributed by atoms with Crippen molar-refractivity contribution in [2.24, 2.45) is 12.5 Å². The molecular formula is C19H30N4O2. The summed E-state index contributed by atoms with van der Waals surface area (Å²) in [7, 11) is 1.85. The van der Waals surface area contributed by atoms with Gasteiger partial charge in [0.1, 0.15) is 11.4 Å². The van der Waals surface area contributed by atoms with Crippen LogP contribution in [0.3, 0.4) is 0 Å². The number of hydrogen-bond acceptors (Lipinski definition) is 3. The highest BCUT2D eigenvalue weighted by Crippen LogP contribution is 2.29. The molecule has 0 atom stereocenters. The fourth-order valence-corrected chi connectivity index (χ4v) is 3.40. The molecule has 2 rings (SSSR count). The molecule has 0 radical (unpaired) electrons. The maximum atomic E-state index is 12.8. The van der Waals surface area contributed by atoms with Crippen LogP contribution in [0, 0.1) is 19.3 Å². The molecule has 138 valence electrons. The third-order valence-corrected chi connectivity index (χ3v) is 5.40. The lowest BCUT2D eigenvalue weighted by molar-refractivity contribution is 0.0907. The molecule has 0 aliphatic heterocycles. The van der Waals surface area contributed by atoms with Gasteiger partial charge in [0.2, 0.25) is 0 Å². The maximum Gasteiger partial charge on any atom is 0.256 e. The van der Waals surface area contributed by atoms with Crippen LogP contribution in [0.2, 0.25) is 0 Å². The van der Waals surface area contributed by atoms with E-state index in [2.05, 4.69) is 24.3 Å². The number of amides is 1. The van der Waals surface area contributed by atoms with Gasteiger partial charge >= 0.3 is 0 Å². The third-order valence-electron chi connectivity index (χ3n) is 5.40. The molecule has 6 nitrogen and oxygen atoms in total. The molecule has 0 fully saturated rings. The molecule has 1 amide bonds. The first-order chi connectivity index (χ1) is 11.9. The SMILES string of the molecule is CCC(CC)(CCO)CNC(=O)c1cnn(C)c1-n1c(C)ccc1C. The zero-order valence-electron chi connectivity index (χ0n) is 16.0. The fourth-order valence-electron chi connectivity index (χ4n) is 3.40. The first-order valence-corrected chi connectivity index (χ1v) is 8.95. The van der Waals surface area contributed by atoms with Gasteiger partial charge < -0.3 is 15.0 Å². The van der Waals surface area contributed by atoms with E-state index in [9.17, 15) is 9.90 Å². The van der Waals surface area contributed by atoms with E-state index in [4.69, 9.17) is 0 Å². The van der Waals surface area contributed by atoms with Crippen molar-refractivity contribution in [3.8, 4) is 5.82 Å². The lowest BCUT2D eigenvalue weighted by atomic mass is 9.79. The van der Waals surface area contributed by atoms with Crippen molar-refractivity contribution in [3.05, 3.63) is 35.3 Å². The number of carbonyl (C=O) groups excluding carboxylic acids is 1. The Kier molecular flexibility index (Phi) is 6.06. The van der Waals surface area contributed by atoms with Crippen LogP contribution < -0.4 is 5.32 Å². The molecule has 0 aliphatic carbocycles. The molecule has 0 unspecified atom stereocenters. The molecule has 2 N–H and O–H groups in total. The van der Waals surface area contributed by atoms with E-state index in [0.29, 0.717) is 18.5 Å². The Balaban J connectivity index is 2.27. The molecule has 0 saturated heterocycles. The summed E-state index contributed by atoms with van der Waals surface area (Å²) in [5.74, 6) is 0.651. The van der Waals surface area contributed by atoms with Crippen molar-refractivity contribution >= 4 is 5.91 Å². The molecule has 6 heteroatoms. The number of carbonyl (C=O) groups is 1. The van der Waals surface area contributed by atoms with Crippen LogP contribution in [0.15, 0.2) is 18.3 Å². The van der Waals surface area contributed by atoms with Crippen molar-refractivity contribution in [1.82, 2.24) is 19.7 Å². The van der Waals surface area contributed by atoms with E-state index >= 15 is 0 Å². The minimum Gasteiger partial charge on any atom is -0.396 e.